The fourth-order valence-corrected chi connectivity index (χ4v) is 0.904. The van der Waals surface area contributed by atoms with Crippen molar-refractivity contribution in [3.05, 3.63) is 18.2 Å². The number of hydrogen-bond acceptors (Lipinski definition) is 3. The number of benzene rings is 1. The van der Waals surface area contributed by atoms with Gasteiger partial charge >= 0.3 is 0 Å². The van der Waals surface area contributed by atoms with Crippen LogP contribution in [0.15, 0.2) is 18.2 Å². The number of phenolic OH excluding ortho intramolecular Hbond substituents is 1. The van der Waals surface area contributed by atoms with Gasteiger partial charge in [0.1, 0.15) is 11.5 Å². The van der Waals surface area contributed by atoms with Crippen LogP contribution in [0, 0.1) is 5.92 Å². The summed E-state index contributed by atoms with van der Waals surface area (Å²) >= 11 is 0. The molecule has 0 aromatic heterocycles. The molecule has 0 atom stereocenters. The van der Waals surface area contributed by atoms with E-state index < -0.39 is 0 Å². The average Bonchev–Trinajstić information content (AvgIpc) is 2.06. The lowest BCUT2D eigenvalue weighted by Gasteiger charge is -2.10. The van der Waals surface area contributed by atoms with Gasteiger partial charge in [-0.15, -0.1) is 0 Å². The fraction of sp³-hybridized carbons (Fsp3) is 0.400. The molecule has 0 unspecified atom stereocenters. The maximum atomic E-state index is 9.17. The van der Waals surface area contributed by atoms with Crippen molar-refractivity contribution in [2.75, 3.05) is 12.3 Å². The molecule has 0 aliphatic heterocycles. The summed E-state index contributed by atoms with van der Waals surface area (Å²) < 4.78 is 5.39. The Hall–Kier alpha value is -1.38. The molecule has 0 heterocycles. The van der Waals surface area contributed by atoms with E-state index >= 15 is 0 Å². The number of ether oxygens (including phenoxy) is 1. The molecule has 0 bridgehead atoms. The maximum Gasteiger partial charge on any atom is 0.145 e. The van der Waals surface area contributed by atoms with Gasteiger partial charge < -0.3 is 15.6 Å². The normalized spacial score (nSPS) is 10.4. The van der Waals surface area contributed by atoms with E-state index in [4.69, 9.17) is 15.6 Å². The van der Waals surface area contributed by atoms with Crippen LogP contribution in [0.25, 0.3) is 0 Å². The third-order valence-electron chi connectivity index (χ3n) is 1.57. The molecule has 72 valence electrons. The van der Waals surface area contributed by atoms with Gasteiger partial charge in [0.25, 0.3) is 0 Å². The maximum absolute atomic E-state index is 9.17. The average molecular weight is 181 g/mol. The molecule has 0 saturated heterocycles. The van der Waals surface area contributed by atoms with Gasteiger partial charge in [0, 0.05) is 6.07 Å². The highest BCUT2D eigenvalue weighted by atomic mass is 16.5. The van der Waals surface area contributed by atoms with Crippen molar-refractivity contribution in [2.45, 2.75) is 13.8 Å². The van der Waals surface area contributed by atoms with Crippen molar-refractivity contribution < 1.29 is 9.84 Å². The van der Waals surface area contributed by atoms with Crippen molar-refractivity contribution in [2.24, 2.45) is 5.92 Å². The Labute approximate surface area is 78.1 Å². The molecule has 0 aliphatic rings. The van der Waals surface area contributed by atoms with Gasteiger partial charge in [-0.1, -0.05) is 13.8 Å². The highest BCUT2D eigenvalue weighted by Crippen LogP contribution is 2.26. The van der Waals surface area contributed by atoms with Crippen LogP contribution in [0.1, 0.15) is 13.8 Å². The van der Waals surface area contributed by atoms with Crippen molar-refractivity contribution in [1.29, 1.82) is 0 Å². The molecule has 0 saturated carbocycles. The third kappa shape index (κ3) is 2.86. The lowest BCUT2D eigenvalue weighted by atomic mass is 10.2. The first-order valence-corrected chi connectivity index (χ1v) is 4.31. The Balaban J connectivity index is 2.70. The second-order valence-electron chi connectivity index (χ2n) is 3.43. The van der Waals surface area contributed by atoms with Gasteiger partial charge in [-0.05, 0) is 18.1 Å². The molecule has 0 radical (unpaired) electrons. The topological polar surface area (TPSA) is 55.5 Å². The highest BCUT2D eigenvalue weighted by molar-refractivity contribution is 5.55. The van der Waals surface area contributed by atoms with Crippen molar-refractivity contribution in [3.8, 4) is 11.5 Å². The van der Waals surface area contributed by atoms with E-state index in [0.717, 1.165) is 0 Å². The minimum Gasteiger partial charge on any atom is -0.508 e. The van der Waals surface area contributed by atoms with Crippen LogP contribution in [0.3, 0.4) is 0 Å². The summed E-state index contributed by atoms with van der Waals surface area (Å²) in [5.41, 5.74) is 6.19. The van der Waals surface area contributed by atoms with E-state index in [0.29, 0.717) is 24.0 Å². The number of nitrogens with two attached hydrogens (primary N) is 1. The van der Waals surface area contributed by atoms with Crippen LogP contribution in [0.2, 0.25) is 0 Å². The Bertz CT molecular complexity index is 284. The molecule has 0 spiro atoms. The van der Waals surface area contributed by atoms with Crippen LogP contribution < -0.4 is 10.5 Å². The molecule has 1 rings (SSSR count). The van der Waals surface area contributed by atoms with E-state index in [-0.39, 0.29) is 5.75 Å². The summed E-state index contributed by atoms with van der Waals surface area (Å²) in [5, 5.41) is 9.17. The smallest absolute Gasteiger partial charge is 0.145 e. The first-order chi connectivity index (χ1) is 6.09. The molecule has 13 heavy (non-hydrogen) atoms. The number of rotatable bonds is 3. The molecule has 1 aromatic carbocycles. The van der Waals surface area contributed by atoms with Gasteiger partial charge in [-0.2, -0.15) is 0 Å². The van der Waals surface area contributed by atoms with Gasteiger partial charge in [-0.3, -0.25) is 0 Å². The van der Waals surface area contributed by atoms with Gasteiger partial charge in [0.2, 0.25) is 0 Å². The second-order valence-corrected chi connectivity index (χ2v) is 3.43. The van der Waals surface area contributed by atoms with E-state index in [9.17, 15) is 0 Å². The SMILES string of the molecule is CC(C)COc1cc(O)ccc1N. The molecule has 0 aliphatic carbocycles. The minimum atomic E-state index is 0.174. The summed E-state index contributed by atoms with van der Waals surface area (Å²) in [4.78, 5) is 0. The molecular weight excluding hydrogens is 166 g/mol. The monoisotopic (exact) mass is 181 g/mol. The summed E-state index contributed by atoms with van der Waals surface area (Å²) in [6, 6.07) is 4.69. The van der Waals surface area contributed by atoms with E-state index in [1.54, 1.807) is 6.07 Å². The Morgan fingerprint density at radius 1 is 1.46 bits per heavy atom. The largest absolute Gasteiger partial charge is 0.508 e. The first-order valence-electron chi connectivity index (χ1n) is 4.31. The van der Waals surface area contributed by atoms with E-state index in [1.807, 2.05) is 0 Å². The fourth-order valence-electron chi connectivity index (χ4n) is 0.904. The van der Waals surface area contributed by atoms with Crippen LogP contribution in [0.4, 0.5) is 5.69 Å². The number of anilines is 1. The molecule has 3 N–H and O–H groups in total. The number of phenols is 1. The van der Waals surface area contributed by atoms with Crippen LogP contribution in [-0.4, -0.2) is 11.7 Å². The standard InChI is InChI=1S/C10H15NO2/c1-7(2)6-13-10-5-8(12)3-4-9(10)11/h3-5,7,12H,6,11H2,1-2H3. The van der Waals surface area contributed by atoms with Gasteiger partial charge in [-0.25, -0.2) is 0 Å². The Morgan fingerprint density at radius 3 is 2.77 bits per heavy atom. The van der Waals surface area contributed by atoms with Crippen LogP contribution in [-0.2, 0) is 0 Å². The third-order valence-corrected chi connectivity index (χ3v) is 1.57. The van der Waals surface area contributed by atoms with E-state index in [1.165, 1.54) is 12.1 Å². The summed E-state index contributed by atoms with van der Waals surface area (Å²) in [5.74, 6) is 1.17. The molecule has 3 nitrogen and oxygen atoms in total. The lowest BCUT2D eigenvalue weighted by Crippen LogP contribution is -2.05. The highest BCUT2D eigenvalue weighted by Gasteiger charge is 2.02. The van der Waals surface area contributed by atoms with Crippen molar-refractivity contribution in [3.63, 3.8) is 0 Å². The van der Waals surface area contributed by atoms with Gasteiger partial charge in [0.05, 0.1) is 12.3 Å². The molecule has 0 fully saturated rings. The number of aromatic hydroxyl groups is 1. The Kier molecular flexibility index (Phi) is 3.01. The number of hydrogen-bond donors (Lipinski definition) is 2. The zero-order valence-electron chi connectivity index (χ0n) is 7.95. The van der Waals surface area contributed by atoms with Crippen LogP contribution in [0.5, 0.6) is 11.5 Å². The quantitative estimate of drug-likeness (QED) is 0.554. The molecular formula is C10H15NO2. The second kappa shape index (κ2) is 4.03. The first kappa shape index (κ1) is 9.71. The number of nitrogen functional groups attached to an aromatic ring is 1. The lowest BCUT2D eigenvalue weighted by molar-refractivity contribution is 0.271. The summed E-state index contributed by atoms with van der Waals surface area (Å²) in [6.45, 7) is 4.71. The Morgan fingerprint density at radius 2 is 2.15 bits per heavy atom. The van der Waals surface area contributed by atoms with Crippen LogP contribution >= 0.6 is 0 Å². The summed E-state index contributed by atoms with van der Waals surface area (Å²) in [7, 11) is 0. The van der Waals surface area contributed by atoms with Crippen molar-refractivity contribution >= 4 is 5.69 Å². The zero-order chi connectivity index (χ0) is 9.84. The summed E-state index contributed by atoms with van der Waals surface area (Å²) in [6.07, 6.45) is 0. The van der Waals surface area contributed by atoms with E-state index in [2.05, 4.69) is 13.8 Å². The van der Waals surface area contributed by atoms with Crippen molar-refractivity contribution in [1.82, 2.24) is 0 Å². The molecule has 3 heteroatoms. The zero-order valence-corrected chi connectivity index (χ0v) is 7.95. The predicted octanol–water partition coefficient (Wildman–Crippen LogP) is 2.01. The predicted molar refractivity (Wildman–Crippen MR) is 52.9 cm³/mol. The molecule has 0 amide bonds. The molecule has 1 aromatic rings. The van der Waals surface area contributed by atoms with Gasteiger partial charge in [0.15, 0.2) is 0 Å². The minimum absolute atomic E-state index is 0.174.